The van der Waals surface area contributed by atoms with Crippen LogP contribution in [0.25, 0.3) is 6.08 Å². The molecule has 2 heteroatoms. The second-order valence-electron chi connectivity index (χ2n) is 4.89. The van der Waals surface area contributed by atoms with Crippen LogP contribution in [0.15, 0.2) is 127 Å². The summed E-state index contributed by atoms with van der Waals surface area (Å²) in [6.45, 7) is 0. The fourth-order valence-corrected chi connectivity index (χ4v) is 1.91. The largest absolute Gasteiger partial charge is 6.00 e. The van der Waals surface area contributed by atoms with Crippen LogP contribution in [0.2, 0.25) is 0 Å². The molecule has 3 aromatic rings. The zero-order valence-corrected chi connectivity index (χ0v) is 17.3. The monoisotopic (exact) mass is 501 g/mol. The van der Waals surface area contributed by atoms with E-state index in [2.05, 4.69) is 42.5 Å². The van der Waals surface area contributed by atoms with Crippen LogP contribution in [0.4, 0.5) is 0 Å². The maximum Gasteiger partial charge on any atom is 6.00 e. The molecule has 1 aliphatic carbocycles. The van der Waals surface area contributed by atoms with E-state index in [4.69, 9.17) is 0 Å². The molecule has 126 valence electrons. The number of hydrogen-bond donors (Lipinski definition) is 0. The summed E-state index contributed by atoms with van der Waals surface area (Å²) < 4.78 is 0. The van der Waals surface area contributed by atoms with Crippen molar-refractivity contribution < 1.29 is 39.0 Å². The second kappa shape index (κ2) is 15.8. The molecule has 0 fully saturated rings. The van der Waals surface area contributed by atoms with Crippen molar-refractivity contribution in [2.75, 3.05) is 0 Å². The Morgan fingerprint density at radius 1 is 0.720 bits per heavy atom. The predicted molar refractivity (Wildman–Crippen MR) is 102 cm³/mol. The van der Waals surface area contributed by atoms with Crippen molar-refractivity contribution >= 4 is 6.08 Å². The Morgan fingerprint density at radius 2 is 1.20 bits per heavy atom. The first-order chi connectivity index (χ1) is 11.4. The van der Waals surface area contributed by atoms with Gasteiger partial charge in [0.05, 0.1) is 0 Å². The van der Waals surface area contributed by atoms with E-state index in [0.717, 1.165) is 0 Å². The van der Waals surface area contributed by atoms with Gasteiger partial charge in [0, 0.05) is 19.5 Å². The third-order valence-electron chi connectivity index (χ3n) is 3.07. The van der Waals surface area contributed by atoms with Crippen LogP contribution < -0.4 is 0 Å². The third-order valence-corrected chi connectivity index (χ3v) is 3.07. The molecule has 4 rings (SSSR count). The Kier molecular flexibility index (Phi) is 14.7. The minimum Gasteiger partial charge on any atom is -0.214 e. The molecule has 0 atom stereocenters. The van der Waals surface area contributed by atoms with Gasteiger partial charge < -0.3 is 0 Å². The fraction of sp³-hybridized carbons (Fsp3) is 0. The van der Waals surface area contributed by atoms with Gasteiger partial charge >= 0.3 is 19.5 Å². The van der Waals surface area contributed by atoms with Gasteiger partial charge in [0.2, 0.25) is 0 Å². The van der Waals surface area contributed by atoms with E-state index in [1.165, 1.54) is 11.1 Å². The Hall–Kier alpha value is -1.74. The van der Waals surface area contributed by atoms with Gasteiger partial charge in [-0.2, -0.15) is 48.5 Å². The first-order valence-electron chi connectivity index (χ1n) is 7.73. The molecule has 0 spiro atoms. The Balaban J connectivity index is 0.000000400. The van der Waals surface area contributed by atoms with Crippen LogP contribution >= 0.6 is 0 Å². The summed E-state index contributed by atoms with van der Waals surface area (Å²) in [5, 5.41) is 0. The van der Waals surface area contributed by atoms with E-state index < -0.39 is 0 Å². The molecule has 0 aliphatic heterocycles. The maximum atomic E-state index is 2.10. The van der Waals surface area contributed by atoms with Gasteiger partial charge in [-0.05, 0) is 5.57 Å². The minimum atomic E-state index is 0. The van der Waals surface area contributed by atoms with Crippen LogP contribution in [-0.2, 0) is 39.0 Å². The smallest absolute Gasteiger partial charge is 0.214 e. The molecular formula is C23H21Ru2+3. The molecule has 0 N–H and O–H groups in total. The van der Waals surface area contributed by atoms with Crippen molar-refractivity contribution in [2.45, 2.75) is 0 Å². The third kappa shape index (κ3) is 11.4. The van der Waals surface area contributed by atoms with Crippen LogP contribution in [0, 0.1) is 0 Å². The van der Waals surface area contributed by atoms with Gasteiger partial charge in [0.25, 0.3) is 0 Å². The fourth-order valence-electron chi connectivity index (χ4n) is 1.91. The van der Waals surface area contributed by atoms with Gasteiger partial charge in [-0.25, -0.2) is 24.3 Å². The first-order valence-corrected chi connectivity index (χ1v) is 7.73. The Morgan fingerprint density at radius 3 is 1.60 bits per heavy atom. The summed E-state index contributed by atoms with van der Waals surface area (Å²) >= 11 is 0. The quantitative estimate of drug-likeness (QED) is 0.288. The van der Waals surface area contributed by atoms with Gasteiger partial charge in [0.1, 0.15) is 0 Å². The topological polar surface area (TPSA) is 0 Å². The van der Waals surface area contributed by atoms with Gasteiger partial charge in [-0.1, -0.05) is 30.4 Å². The summed E-state index contributed by atoms with van der Waals surface area (Å²) in [6.07, 6.45) is 14.6. The van der Waals surface area contributed by atoms with E-state index >= 15 is 0 Å². The second-order valence-corrected chi connectivity index (χ2v) is 4.89. The van der Waals surface area contributed by atoms with E-state index in [0.29, 0.717) is 0 Å². The maximum absolute atomic E-state index is 2.10. The van der Waals surface area contributed by atoms with Crippen molar-refractivity contribution in [3.05, 3.63) is 133 Å². The van der Waals surface area contributed by atoms with Crippen LogP contribution in [0.1, 0.15) is 5.56 Å². The summed E-state index contributed by atoms with van der Waals surface area (Å²) in [5.41, 5.74) is 2.51. The molecule has 0 amide bonds. The zero-order chi connectivity index (χ0) is 16.0. The summed E-state index contributed by atoms with van der Waals surface area (Å²) in [6, 6.07) is 28.3. The van der Waals surface area contributed by atoms with E-state index in [-0.39, 0.29) is 39.0 Å². The van der Waals surface area contributed by atoms with Crippen molar-refractivity contribution in [1.82, 2.24) is 0 Å². The predicted octanol–water partition coefficient (Wildman–Crippen LogP) is 6.28. The van der Waals surface area contributed by atoms with Crippen molar-refractivity contribution in [3.63, 3.8) is 0 Å². The van der Waals surface area contributed by atoms with Crippen molar-refractivity contribution in [3.8, 4) is 0 Å². The average Bonchev–Trinajstić information content (AvgIpc) is 3.39. The summed E-state index contributed by atoms with van der Waals surface area (Å²) in [7, 11) is 0. The molecule has 0 radical (unpaired) electrons. The van der Waals surface area contributed by atoms with Gasteiger partial charge in [-0.15, -0.1) is 29.8 Å². The van der Waals surface area contributed by atoms with Crippen LogP contribution in [-0.4, -0.2) is 0 Å². The molecule has 0 unspecified atom stereocenters. The summed E-state index contributed by atoms with van der Waals surface area (Å²) in [5.74, 6) is 0. The molecule has 3 aromatic carbocycles. The normalized spacial score (nSPS) is 10.8. The SMILES string of the molecule is C1=CC(=CC=C[c-]2cccc2)C=C1.[Ru+6].[Ru].c1cc[cH-]c1.c1cc[cH-]c1. The molecular weight excluding hydrogens is 478 g/mol. The molecule has 0 bridgehead atoms. The zero-order valence-electron chi connectivity index (χ0n) is 13.8. The van der Waals surface area contributed by atoms with E-state index in [9.17, 15) is 0 Å². The Bertz CT molecular complexity index is 633. The van der Waals surface area contributed by atoms with Crippen molar-refractivity contribution in [1.29, 1.82) is 0 Å². The standard InChI is InChI=1S/C13H11.2C5H5.2Ru/c1-2-7-12(6-1)10-5-11-13-8-3-4-9-13;2*1-2-4-5-3-1;;/h1-11H;2*1-5H;;/q3*-1;;+6. The Labute approximate surface area is 176 Å². The van der Waals surface area contributed by atoms with E-state index in [1.54, 1.807) is 0 Å². The molecule has 0 heterocycles. The molecule has 0 aromatic heterocycles. The van der Waals surface area contributed by atoms with Gasteiger partial charge in [-0.3, -0.25) is 0 Å². The van der Waals surface area contributed by atoms with Gasteiger partial charge in [0.15, 0.2) is 0 Å². The molecule has 0 saturated carbocycles. The number of hydrogen-bond acceptors (Lipinski definition) is 0. The molecule has 25 heavy (non-hydrogen) atoms. The average molecular weight is 500 g/mol. The minimum absolute atomic E-state index is 0. The van der Waals surface area contributed by atoms with E-state index in [1.807, 2.05) is 84.9 Å². The van der Waals surface area contributed by atoms with Crippen LogP contribution in [0.3, 0.4) is 0 Å². The number of allylic oxidation sites excluding steroid dienone is 7. The molecule has 0 nitrogen and oxygen atoms in total. The first kappa shape index (κ1) is 23.3. The molecule has 0 saturated heterocycles. The molecule has 1 aliphatic rings. The van der Waals surface area contributed by atoms with Crippen LogP contribution in [0.5, 0.6) is 0 Å². The summed E-state index contributed by atoms with van der Waals surface area (Å²) in [4.78, 5) is 0. The number of rotatable bonds is 2. The van der Waals surface area contributed by atoms with Crippen molar-refractivity contribution in [2.24, 2.45) is 0 Å².